The van der Waals surface area contributed by atoms with Crippen molar-refractivity contribution in [2.45, 2.75) is 38.3 Å². The number of aromatic nitrogens is 4. The smallest absolute Gasteiger partial charge is 0.297 e. The summed E-state index contributed by atoms with van der Waals surface area (Å²) in [4.78, 5) is 25.5. The first-order valence-corrected chi connectivity index (χ1v) is 9.66. The molecular formula is C21H24N6O2. The molecule has 3 heterocycles. The van der Waals surface area contributed by atoms with E-state index in [1.54, 1.807) is 36.9 Å². The first kappa shape index (κ1) is 18.9. The molecular weight excluding hydrogens is 368 g/mol. The van der Waals surface area contributed by atoms with E-state index >= 15 is 0 Å². The standard InChI is InChI=1S/C21H24N6O2/c1-14-11-23-20(13-22-14)26-16-6-5-15(10-16)25-19-8-7-17(12-24-19)27-9-3-4-18(29-2)21(27)28/h3-4,7-9,11-13,15-16H,5-6,10H2,1-2H3,(H,23,26)(H,24,25)/t15-,16-/m0/s1. The number of hydrogen-bond acceptors (Lipinski definition) is 7. The lowest BCUT2D eigenvalue weighted by atomic mass is 10.2. The zero-order valence-corrected chi connectivity index (χ0v) is 16.5. The van der Waals surface area contributed by atoms with Crippen LogP contribution in [0, 0.1) is 6.92 Å². The van der Waals surface area contributed by atoms with Gasteiger partial charge in [-0.3, -0.25) is 14.3 Å². The lowest BCUT2D eigenvalue weighted by molar-refractivity contribution is 0.406. The van der Waals surface area contributed by atoms with Crippen molar-refractivity contribution in [3.63, 3.8) is 0 Å². The van der Waals surface area contributed by atoms with E-state index in [0.717, 1.165) is 36.6 Å². The van der Waals surface area contributed by atoms with Crippen molar-refractivity contribution in [3.05, 3.63) is 65.1 Å². The Bertz CT molecular complexity index is 1020. The number of rotatable bonds is 6. The number of pyridine rings is 2. The topological polar surface area (TPSA) is 94.0 Å². The highest BCUT2D eigenvalue weighted by atomic mass is 16.5. The summed E-state index contributed by atoms with van der Waals surface area (Å²) in [7, 11) is 1.49. The molecule has 1 aliphatic carbocycles. The van der Waals surface area contributed by atoms with Crippen molar-refractivity contribution in [1.29, 1.82) is 0 Å². The molecule has 0 saturated heterocycles. The highest BCUT2D eigenvalue weighted by Gasteiger charge is 2.25. The normalized spacial score (nSPS) is 18.4. The minimum absolute atomic E-state index is 0.207. The molecule has 1 saturated carbocycles. The molecule has 1 aliphatic rings. The number of aryl methyl sites for hydroxylation is 1. The molecule has 2 atom stereocenters. The van der Waals surface area contributed by atoms with Crippen molar-refractivity contribution < 1.29 is 4.74 Å². The van der Waals surface area contributed by atoms with Gasteiger partial charge in [0.1, 0.15) is 11.6 Å². The molecule has 4 rings (SSSR count). The fraction of sp³-hybridized carbons (Fsp3) is 0.333. The maximum Gasteiger partial charge on any atom is 0.297 e. The number of hydrogen-bond donors (Lipinski definition) is 2. The largest absolute Gasteiger partial charge is 0.491 e. The predicted molar refractivity (Wildman–Crippen MR) is 112 cm³/mol. The molecule has 0 spiro atoms. The van der Waals surface area contributed by atoms with Gasteiger partial charge in [0.2, 0.25) is 0 Å². The third-order valence-corrected chi connectivity index (χ3v) is 5.08. The van der Waals surface area contributed by atoms with Gasteiger partial charge in [0.05, 0.1) is 37.1 Å². The molecule has 8 nitrogen and oxygen atoms in total. The third-order valence-electron chi connectivity index (χ3n) is 5.08. The summed E-state index contributed by atoms with van der Waals surface area (Å²) in [6, 6.07) is 7.89. The Balaban J connectivity index is 1.37. The van der Waals surface area contributed by atoms with E-state index in [-0.39, 0.29) is 5.56 Å². The van der Waals surface area contributed by atoms with E-state index in [1.165, 1.54) is 11.7 Å². The van der Waals surface area contributed by atoms with Gasteiger partial charge >= 0.3 is 0 Å². The highest BCUT2D eigenvalue weighted by Crippen LogP contribution is 2.25. The van der Waals surface area contributed by atoms with E-state index in [4.69, 9.17) is 4.74 Å². The maximum atomic E-state index is 12.3. The van der Waals surface area contributed by atoms with Crippen molar-refractivity contribution in [3.8, 4) is 11.4 Å². The van der Waals surface area contributed by atoms with Crippen LogP contribution in [0.3, 0.4) is 0 Å². The van der Waals surface area contributed by atoms with Crippen molar-refractivity contribution in [2.24, 2.45) is 0 Å². The van der Waals surface area contributed by atoms with Gasteiger partial charge in [-0.25, -0.2) is 9.97 Å². The van der Waals surface area contributed by atoms with Crippen LogP contribution in [0.5, 0.6) is 5.75 Å². The molecule has 2 N–H and O–H groups in total. The van der Waals surface area contributed by atoms with Crippen molar-refractivity contribution in [1.82, 2.24) is 19.5 Å². The summed E-state index contributed by atoms with van der Waals surface area (Å²) in [5, 5.41) is 6.93. The van der Waals surface area contributed by atoms with Gasteiger partial charge in [-0.1, -0.05) is 0 Å². The monoisotopic (exact) mass is 392 g/mol. The van der Waals surface area contributed by atoms with Crippen LogP contribution in [0.4, 0.5) is 11.6 Å². The Morgan fingerprint density at radius 2 is 1.76 bits per heavy atom. The summed E-state index contributed by atoms with van der Waals surface area (Å²) < 4.78 is 6.62. The van der Waals surface area contributed by atoms with Crippen LogP contribution in [-0.4, -0.2) is 38.7 Å². The van der Waals surface area contributed by atoms with E-state index in [9.17, 15) is 4.79 Å². The van der Waals surface area contributed by atoms with E-state index in [1.807, 2.05) is 19.1 Å². The first-order chi connectivity index (χ1) is 14.1. The number of anilines is 2. The number of ether oxygens (including phenoxy) is 1. The summed E-state index contributed by atoms with van der Waals surface area (Å²) in [6.07, 6.45) is 10.0. The lowest BCUT2D eigenvalue weighted by Crippen LogP contribution is -2.22. The van der Waals surface area contributed by atoms with Crippen LogP contribution in [0.15, 0.2) is 53.8 Å². The van der Waals surface area contributed by atoms with Crippen LogP contribution >= 0.6 is 0 Å². The fourth-order valence-corrected chi connectivity index (χ4v) is 3.58. The van der Waals surface area contributed by atoms with Crippen LogP contribution in [0.1, 0.15) is 25.0 Å². The van der Waals surface area contributed by atoms with Gasteiger partial charge in [-0.15, -0.1) is 0 Å². The molecule has 8 heteroatoms. The first-order valence-electron chi connectivity index (χ1n) is 9.66. The summed E-state index contributed by atoms with van der Waals surface area (Å²) in [5.74, 6) is 1.91. The predicted octanol–water partition coefficient (Wildman–Crippen LogP) is 2.78. The SMILES string of the molecule is COc1cccn(-c2ccc(N[C@H]3CC[C@H](Nc4cnc(C)cn4)C3)nc2)c1=O. The Morgan fingerprint density at radius 1 is 1.00 bits per heavy atom. The molecule has 0 aromatic carbocycles. The zero-order chi connectivity index (χ0) is 20.2. The molecule has 0 radical (unpaired) electrons. The van der Waals surface area contributed by atoms with Crippen molar-refractivity contribution >= 4 is 11.6 Å². The Kier molecular flexibility index (Phi) is 5.41. The molecule has 29 heavy (non-hydrogen) atoms. The lowest BCUT2D eigenvalue weighted by Gasteiger charge is -2.16. The van der Waals surface area contributed by atoms with Crippen LogP contribution in [-0.2, 0) is 0 Å². The molecule has 0 bridgehead atoms. The molecule has 3 aromatic heterocycles. The Hall–Kier alpha value is -3.42. The minimum atomic E-state index is -0.207. The summed E-state index contributed by atoms with van der Waals surface area (Å²) >= 11 is 0. The number of nitrogens with one attached hydrogen (secondary N) is 2. The Morgan fingerprint density at radius 3 is 2.41 bits per heavy atom. The highest BCUT2D eigenvalue weighted by molar-refractivity contribution is 5.43. The average molecular weight is 392 g/mol. The second-order valence-corrected chi connectivity index (χ2v) is 7.19. The average Bonchev–Trinajstić information content (AvgIpc) is 3.17. The van der Waals surface area contributed by atoms with Crippen molar-refractivity contribution in [2.75, 3.05) is 17.7 Å². The van der Waals surface area contributed by atoms with Gasteiger partial charge in [-0.05, 0) is 50.5 Å². The Labute approximate surface area is 169 Å². The second kappa shape index (κ2) is 8.30. The number of nitrogens with zero attached hydrogens (tertiary/aromatic N) is 4. The van der Waals surface area contributed by atoms with Crippen LogP contribution in [0.2, 0.25) is 0 Å². The second-order valence-electron chi connectivity index (χ2n) is 7.19. The summed E-state index contributed by atoms with van der Waals surface area (Å²) in [6.45, 7) is 1.93. The molecule has 0 amide bonds. The molecule has 3 aromatic rings. The van der Waals surface area contributed by atoms with Gasteiger partial charge in [0.15, 0.2) is 5.75 Å². The van der Waals surface area contributed by atoms with E-state index in [0.29, 0.717) is 23.5 Å². The molecule has 0 unspecified atom stereocenters. The molecule has 0 aliphatic heterocycles. The van der Waals surface area contributed by atoms with Gasteiger partial charge in [0.25, 0.3) is 5.56 Å². The number of methoxy groups -OCH3 is 1. The minimum Gasteiger partial charge on any atom is -0.491 e. The van der Waals surface area contributed by atoms with Gasteiger partial charge < -0.3 is 15.4 Å². The van der Waals surface area contributed by atoms with Crippen LogP contribution < -0.4 is 20.9 Å². The molecule has 150 valence electrons. The zero-order valence-electron chi connectivity index (χ0n) is 16.5. The van der Waals surface area contributed by atoms with E-state index < -0.39 is 0 Å². The van der Waals surface area contributed by atoms with E-state index in [2.05, 4.69) is 25.6 Å². The van der Waals surface area contributed by atoms with Gasteiger partial charge in [0, 0.05) is 18.3 Å². The maximum absolute atomic E-state index is 12.3. The summed E-state index contributed by atoms with van der Waals surface area (Å²) in [5.41, 5.74) is 1.40. The fourth-order valence-electron chi connectivity index (χ4n) is 3.58. The van der Waals surface area contributed by atoms with Crippen LogP contribution in [0.25, 0.3) is 5.69 Å². The third kappa shape index (κ3) is 4.37. The molecule has 1 fully saturated rings. The quantitative estimate of drug-likeness (QED) is 0.666. The van der Waals surface area contributed by atoms with Gasteiger partial charge in [-0.2, -0.15) is 0 Å².